The lowest BCUT2D eigenvalue weighted by molar-refractivity contribution is 0.129. The van der Waals surface area contributed by atoms with Crippen LogP contribution in [-0.4, -0.2) is 23.1 Å². The van der Waals surface area contributed by atoms with Gasteiger partial charge in [-0.3, -0.25) is 4.90 Å². The first-order chi connectivity index (χ1) is 8.40. The van der Waals surface area contributed by atoms with Crippen LogP contribution in [-0.2, 0) is 4.74 Å². The van der Waals surface area contributed by atoms with E-state index in [2.05, 4.69) is 0 Å². The summed E-state index contributed by atoms with van der Waals surface area (Å²) in [6, 6.07) is 5.30. The van der Waals surface area contributed by atoms with Gasteiger partial charge in [0.15, 0.2) is 0 Å². The van der Waals surface area contributed by atoms with Crippen molar-refractivity contribution in [2.75, 3.05) is 0 Å². The van der Waals surface area contributed by atoms with Crippen LogP contribution in [0.15, 0.2) is 18.2 Å². The molecule has 1 aliphatic rings. The number of nitrogens with zero attached hydrogens (tertiary/aromatic N) is 1. The number of rotatable bonds is 2. The first kappa shape index (κ1) is 13.5. The largest absolute Gasteiger partial charge is 0.439 e. The molecule has 18 heavy (non-hydrogen) atoms. The van der Waals surface area contributed by atoms with Crippen molar-refractivity contribution in [2.24, 2.45) is 0 Å². The van der Waals surface area contributed by atoms with Crippen molar-refractivity contribution in [3.63, 3.8) is 0 Å². The minimum atomic E-state index is -0.323. The van der Waals surface area contributed by atoms with Crippen molar-refractivity contribution < 1.29 is 9.53 Å². The third kappa shape index (κ3) is 2.43. The van der Waals surface area contributed by atoms with E-state index in [0.29, 0.717) is 10.0 Å². The maximum Gasteiger partial charge on any atom is 0.411 e. The molecule has 2 atom stereocenters. The zero-order valence-electron chi connectivity index (χ0n) is 10.5. The number of ether oxygens (including phenoxy) is 1. The zero-order valence-corrected chi connectivity index (χ0v) is 12.0. The fourth-order valence-electron chi connectivity index (χ4n) is 2.35. The Hall–Kier alpha value is -0.930. The molecule has 0 spiro atoms. The molecule has 0 N–H and O–H groups in total. The normalized spacial score (nSPS) is 23.7. The molecule has 0 bridgehead atoms. The Balaban J connectivity index is 2.32. The molecule has 1 saturated heterocycles. The van der Waals surface area contributed by atoms with Crippen molar-refractivity contribution in [3.8, 4) is 0 Å². The van der Waals surface area contributed by atoms with E-state index in [1.165, 1.54) is 0 Å². The van der Waals surface area contributed by atoms with E-state index < -0.39 is 0 Å². The lowest BCUT2D eigenvalue weighted by atomic mass is 10.0. The molecule has 0 radical (unpaired) electrons. The molecule has 98 valence electrons. The number of hydrogen-bond donors (Lipinski definition) is 0. The van der Waals surface area contributed by atoms with E-state index in [0.717, 1.165) is 5.56 Å². The summed E-state index contributed by atoms with van der Waals surface area (Å²) in [5.74, 6) is 0. The van der Waals surface area contributed by atoms with Crippen LogP contribution < -0.4 is 0 Å². The number of benzene rings is 1. The van der Waals surface area contributed by atoms with Gasteiger partial charge >= 0.3 is 6.09 Å². The molecule has 1 heterocycles. The number of hydrogen-bond acceptors (Lipinski definition) is 2. The van der Waals surface area contributed by atoms with Crippen molar-refractivity contribution in [1.29, 1.82) is 0 Å². The zero-order chi connectivity index (χ0) is 13.4. The first-order valence-corrected chi connectivity index (χ1v) is 6.60. The van der Waals surface area contributed by atoms with Crippen molar-refractivity contribution in [2.45, 2.75) is 39.0 Å². The molecule has 1 aromatic carbocycles. The van der Waals surface area contributed by atoms with Gasteiger partial charge in [0, 0.05) is 16.1 Å². The Morgan fingerprint density at radius 2 is 1.78 bits per heavy atom. The molecular weight excluding hydrogens is 273 g/mol. The predicted molar refractivity (Wildman–Crippen MR) is 72.1 cm³/mol. The maximum atomic E-state index is 11.8. The average molecular weight is 288 g/mol. The van der Waals surface area contributed by atoms with Gasteiger partial charge in [-0.25, -0.2) is 4.79 Å². The molecule has 0 aromatic heterocycles. The fourth-order valence-corrected chi connectivity index (χ4v) is 2.89. The van der Waals surface area contributed by atoms with Gasteiger partial charge in [-0.1, -0.05) is 23.2 Å². The Bertz CT molecular complexity index is 456. The van der Waals surface area contributed by atoms with Crippen molar-refractivity contribution in [1.82, 2.24) is 4.90 Å². The molecule has 3 nitrogen and oxygen atoms in total. The highest BCUT2D eigenvalue weighted by atomic mass is 35.5. The highest BCUT2D eigenvalue weighted by Crippen LogP contribution is 2.35. The van der Waals surface area contributed by atoms with E-state index in [-0.39, 0.29) is 24.3 Å². The molecule has 0 saturated carbocycles. The Morgan fingerprint density at radius 3 is 2.22 bits per heavy atom. The third-order valence-electron chi connectivity index (χ3n) is 3.09. The smallest absolute Gasteiger partial charge is 0.411 e. The number of carbonyl (C=O) groups excluding carboxylic acids is 1. The third-order valence-corrected chi connectivity index (χ3v) is 3.52. The minimum Gasteiger partial charge on any atom is -0.439 e. The van der Waals surface area contributed by atoms with Gasteiger partial charge in [0.05, 0.1) is 6.04 Å². The second kappa shape index (κ2) is 4.98. The van der Waals surface area contributed by atoms with E-state index in [4.69, 9.17) is 27.9 Å². The van der Waals surface area contributed by atoms with E-state index in [1.54, 1.807) is 23.1 Å². The van der Waals surface area contributed by atoms with Gasteiger partial charge in [0.25, 0.3) is 0 Å². The molecule has 1 amide bonds. The molecule has 2 rings (SSSR count). The lowest BCUT2D eigenvalue weighted by Gasteiger charge is -2.24. The summed E-state index contributed by atoms with van der Waals surface area (Å²) in [5, 5.41) is 1.09. The van der Waals surface area contributed by atoms with Crippen LogP contribution in [0.4, 0.5) is 4.79 Å². The van der Waals surface area contributed by atoms with Gasteiger partial charge in [0.2, 0.25) is 0 Å². The minimum absolute atomic E-state index is 0.0352. The standard InChI is InChI=1S/C13H15Cl2NO2/c1-7(2)16-8(3)12(18-13(16)17)9-4-10(14)6-11(15)5-9/h4-8,12H,1-3H3. The van der Waals surface area contributed by atoms with Crippen molar-refractivity contribution in [3.05, 3.63) is 33.8 Å². The van der Waals surface area contributed by atoms with E-state index >= 15 is 0 Å². The van der Waals surface area contributed by atoms with Gasteiger partial charge in [-0.05, 0) is 44.5 Å². The SMILES string of the molecule is CC(C)N1C(=O)OC(c2cc(Cl)cc(Cl)c2)C1C. The van der Waals surface area contributed by atoms with Gasteiger partial charge < -0.3 is 4.74 Å². The summed E-state index contributed by atoms with van der Waals surface area (Å²) >= 11 is 11.9. The van der Waals surface area contributed by atoms with Crippen LogP contribution in [0.25, 0.3) is 0 Å². The van der Waals surface area contributed by atoms with Crippen LogP contribution in [0.1, 0.15) is 32.4 Å². The van der Waals surface area contributed by atoms with Gasteiger partial charge in [-0.15, -0.1) is 0 Å². The summed E-state index contributed by atoms with van der Waals surface area (Å²) in [4.78, 5) is 13.5. The molecule has 1 aliphatic heterocycles. The summed E-state index contributed by atoms with van der Waals surface area (Å²) in [6.07, 6.45) is -0.616. The van der Waals surface area contributed by atoms with Crippen LogP contribution in [0, 0.1) is 0 Å². The quantitative estimate of drug-likeness (QED) is 0.812. The van der Waals surface area contributed by atoms with E-state index in [1.807, 2.05) is 20.8 Å². The Labute approximate surface area is 117 Å². The lowest BCUT2D eigenvalue weighted by Crippen LogP contribution is -2.37. The van der Waals surface area contributed by atoms with Gasteiger partial charge in [0.1, 0.15) is 6.10 Å². The summed E-state index contributed by atoms with van der Waals surface area (Å²) in [6.45, 7) is 5.89. The van der Waals surface area contributed by atoms with Crippen LogP contribution >= 0.6 is 23.2 Å². The van der Waals surface area contributed by atoms with E-state index in [9.17, 15) is 4.79 Å². The summed E-state index contributed by atoms with van der Waals surface area (Å²) < 4.78 is 5.41. The second-order valence-electron chi connectivity index (χ2n) is 4.75. The molecule has 5 heteroatoms. The molecule has 1 aromatic rings. The molecule has 2 unspecified atom stereocenters. The predicted octanol–water partition coefficient (Wildman–Crippen LogP) is 4.28. The topological polar surface area (TPSA) is 29.5 Å². The Kier molecular flexibility index (Phi) is 3.74. The number of cyclic esters (lactones) is 1. The number of carbonyl (C=O) groups is 1. The van der Waals surface area contributed by atoms with Crippen LogP contribution in [0.3, 0.4) is 0 Å². The highest BCUT2D eigenvalue weighted by molar-refractivity contribution is 6.34. The fraction of sp³-hybridized carbons (Fsp3) is 0.462. The van der Waals surface area contributed by atoms with Gasteiger partial charge in [-0.2, -0.15) is 0 Å². The average Bonchev–Trinajstić information content (AvgIpc) is 2.52. The molecular formula is C13H15Cl2NO2. The second-order valence-corrected chi connectivity index (χ2v) is 5.62. The molecule has 0 aliphatic carbocycles. The number of amides is 1. The Morgan fingerprint density at radius 1 is 1.22 bits per heavy atom. The van der Waals surface area contributed by atoms with Crippen molar-refractivity contribution >= 4 is 29.3 Å². The summed E-state index contributed by atoms with van der Waals surface area (Å²) in [7, 11) is 0. The van der Waals surface area contributed by atoms with Crippen LogP contribution in [0.5, 0.6) is 0 Å². The monoisotopic (exact) mass is 287 g/mol. The highest BCUT2D eigenvalue weighted by Gasteiger charge is 2.41. The number of halogens is 2. The maximum absolute atomic E-state index is 11.8. The summed E-state index contributed by atoms with van der Waals surface area (Å²) in [5.41, 5.74) is 0.830. The van der Waals surface area contributed by atoms with Crippen LogP contribution in [0.2, 0.25) is 10.0 Å². The first-order valence-electron chi connectivity index (χ1n) is 5.85. The molecule has 1 fully saturated rings.